The monoisotopic (exact) mass is 272 g/mol. The Labute approximate surface area is 111 Å². The molecule has 2 heterocycles. The van der Waals surface area contributed by atoms with E-state index in [1.165, 1.54) is 0 Å². The number of hydrogen-bond acceptors (Lipinski definition) is 4. The number of nitrogens with one attached hydrogen (secondary N) is 1. The molecule has 0 aliphatic carbocycles. The molecule has 5 nitrogen and oxygen atoms in total. The van der Waals surface area contributed by atoms with E-state index in [2.05, 4.69) is 5.32 Å². The highest BCUT2D eigenvalue weighted by atomic mass is 32.2. The van der Waals surface area contributed by atoms with Crippen LogP contribution in [0.4, 0.5) is 0 Å². The topological polar surface area (TPSA) is 69.6 Å². The summed E-state index contributed by atoms with van der Waals surface area (Å²) in [6.07, 6.45) is 2.04. The lowest BCUT2D eigenvalue weighted by Gasteiger charge is -2.30. The van der Waals surface area contributed by atoms with Crippen molar-refractivity contribution in [3.63, 3.8) is 0 Å². The zero-order valence-corrected chi connectivity index (χ0v) is 11.6. The largest absolute Gasteiger partial charge is 0.394 e. The Morgan fingerprint density at radius 2 is 2.44 bits per heavy atom. The molecule has 3 unspecified atom stereocenters. The fourth-order valence-electron chi connectivity index (χ4n) is 2.59. The van der Waals surface area contributed by atoms with Crippen LogP contribution in [-0.2, 0) is 9.59 Å². The zero-order valence-electron chi connectivity index (χ0n) is 10.8. The first-order valence-corrected chi connectivity index (χ1v) is 7.37. The second kappa shape index (κ2) is 5.09. The number of hydrogen-bond donors (Lipinski definition) is 2. The van der Waals surface area contributed by atoms with Crippen molar-refractivity contribution in [1.29, 1.82) is 0 Å². The number of carbonyl (C=O) groups is 2. The smallest absolute Gasteiger partial charge is 0.244 e. The third-order valence-corrected chi connectivity index (χ3v) is 5.31. The first-order valence-electron chi connectivity index (χ1n) is 6.39. The highest BCUT2D eigenvalue weighted by molar-refractivity contribution is 8.01. The van der Waals surface area contributed by atoms with Crippen molar-refractivity contribution in [3.05, 3.63) is 0 Å². The van der Waals surface area contributed by atoms with Gasteiger partial charge in [0.05, 0.1) is 17.5 Å². The summed E-state index contributed by atoms with van der Waals surface area (Å²) < 4.78 is 0. The molecular formula is C12H20N2O3S. The summed E-state index contributed by atoms with van der Waals surface area (Å²) in [5.74, 6) is 0.581. The maximum Gasteiger partial charge on any atom is 0.244 e. The Morgan fingerprint density at radius 3 is 3.06 bits per heavy atom. The predicted molar refractivity (Wildman–Crippen MR) is 70.0 cm³/mol. The summed E-state index contributed by atoms with van der Waals surface area (Å²) >= 11 is 1.68. The van der Waals surface area contributed by atoms with Crippen LogP contribution in [0, 0.1) is 0 Å². The van der Waals surface area contributed by atoms with E-state index < -0.39 is 0 Å². The summed E-state index contributed by atoms with van der Waals surface area (Å²) in [5.41, 5.74) is 0. The van der Waals surface area contributed by atoms with E-state index in [0.29, 0.717) is 18.6 Å². The molecule has 0 aromatic rings. The van der Waals surface area contributed by atoms with E-state index in [-0.39, 0.29) is 35.4 Å². The van der Waals surface area contributed by atoms with Gasteiger partial charge in [0.25, 0.3) is 0 Å². The van der Waals surface area contributed by atoms with Gasteiger partial charge in [-0.3, -0.25) is 9.59 Å². The summed E-state index contributed by atoms with van der Waals surface area (Å²) in [5, 5.41) is 11.9. The van der Waals surface area contributed by atoms with E-state index in [1.807, 2.05) is 13.8 Å². The first kappa shape index (κ1) is 13.7. The number of amides is 2. The van der Waals surface area contributed by atoms with E-state index in [0.717, 1.165) is 6.42 Å². The third-order valence-electron chi connectivity index (χ3n) is 3.81. The Balaban J connectivity index is 2.05. The lowest BCUT2D eigenvalue weighted by Crippen LogP contribution is -2.52. The van der Waals surface area contributed by atoms with Gasteiger partial charge in [-0.25, -0.2) is 0 Å². The molecule has 2 fully saturated rings. The minimum Gasteiger partial charge on any atom is -0.394 e. The summed E-state index contributed by atoms with van der Waals surface area (Å²) in [6, 6.07) is -0.595. The van der Waals surface area contributed by atoms with Gasteiger partial charge in [0.1, 0.15) is 6.04 Å². The first-order chi connectivity index (χ1) is 8.51. The van der Waals surface area contributed by atoms with Crippen LogP contribution in [0.2, 0.25) is 0 Å². The van der Waals surface area contributed by atoms with Crippen LogP contribution in [0.3, 0.4) is 0 Å². The van der Waals surface area contributed by atoms with Gasteiger partial charge < -0.3 is 15.3 Å². The fourth-order valence-corrected chi connectivity index (χ4v) is 4.02. The Hall–Kier alpha value is -0.750. The number of aliphatic hydroxyl groups is 1. The van der Waals surface area contributed by atoms with Crippen LogP contribution < -0.4 is 5.32 Å². The third kappa shape index (κ3) is 2.23. The molecule has 0 spiro atoms. The lowest BCUT2D eigenvalue weighted by molar-refractivity contribution is -0.138. The quantitative estimate of drug-likeness (QED) is 0.773. The Morgan fingerprint density at radius 1 is 1.72 bits per heavy atom. The number of fused-ring (bicyclic) bond motifs is 1. The van der Waals surface area contributed by atoms with E-state index >= 15 is 0 Å². The fraction of sp³-hybridized carbons (Fsp3) is 0.833. The average molecular weight is 272 g/mol. The molecule has 0 aromatic carbocycles. The van der Waals surface area contributed by atoms with Crippen LogP contribution >= 0.6 is 11.8 Å². The highest BCUT2D eigenvalue weighted by Crippen LogP contribution is 2.47. The number of aliphatic hydroxyl groups excluding tert-OH is 1. The van der Waals surface area contributed by atoms with Crippen molar-refractivity contribution >= 4 is 23.6 Å². The van der Waals surface area contributed by atoms with Crippen LogP contribution in [0.15, 0.2) is 0 Å². The van der Waals surface area contributed by atoms with Crippen molar-refractivity contribution in [2.45, 2.75) is 50.1 Å². The lowest BCUT2D eigenvalue weighted by atomic mass is 10.2. The zero-order chi connectivity index (χ0) is 13.3. The summed E-state index contributed by atoms with van der Waals surface area (Å²) in [4.78, 5) is 25.6. The van der Waals surface area contributed by atoms with Gasteiger partial charge in [-0.05, 0) is 19.8 Å². The molecule has 2 saturated heterocycles. The maximum absolute atomic E-state index is 12.2. The SMILES string of the molecule is CCC(CO)NC(=O)C1CSC2(C)CCC(=O)N12. The molecule has 0 saturated carbocycles. The summed E-state index contributed by atoms with van der Waals surface area (Å²) in [6.45, 7) is 3.88. The molecule has 2 aliphatic rings. The van der Waals surface area contributed by atoms with Crippen LogP contribution in [0.1, 0.15) is 33.1 Å². The molecule has 0 aromatic heterocycles. The second-order valence-corrected chi connectivity index (χ2v) is 6.56. The number of carbonyl (C=O) groups excluding carboxylic acids is 2. The Kier molecular flexibility index (Phi) is 3.87. The number of thioether (sulfide) groups is 1. The summed E-state index contributed by atoms with van der Waals surface area (Å²) in [7, 11) is 0. The minimum absolute atomic E-state index is 0.0622. The van der Waals surface area contributed by atoms with Gasteiger partial charge in [-0.15, -0.1) is 11.8 Å². The molecule has 0 radical (unpaired) electrons. The molecule has 6 heteroatoms. The van der Waals surface area contributed by atoms with Crippen LogP contribution in [-0.4, -0.2) is 51.1 Å². The van der Waals surface area contributed by atoms with Gasteiger partial charge in [0.15, 0.2) is 0 Å². The number of rotatable bonds is 4. The van der Waals surface area contributed by atoms with Crippen LogP contribution in [0.25, 0.3) is 0 Å². The molecule has 2 rings (SSSR count). The molecule has 3 atom stereocenters. The second-order valence-electron chi connectivity index (χ2n) is 5.06. The van der Waals surface area contributed by atoms with E-state index in [9.17, 15) is 9.59 Å². The van der Waals surface area contributed by atoms with Gasteiger partial charge in [-0.2, -0.15) is 0 Å². The van der Waals surface area contributed by atoms with E-state index in [4.69, 9.17) is 5.11 Å². The average Bonchev–Trinajstić information content (AvgIpc) is 2.84. The molecule has 18 heavy (non-hydrogen) atoms. The van der Waals surface area contributed by atoms with Crippen molar-refractivity contribution in [3.8, 4) is 0 Å². The molecule has 2 aliphatic heterocycles. The molecule has 102 valence electrons. The minimum atomic E-state index is -0.379. The van der Waals surface area contributed by atoms with Gasteiger partial charge in [0.2, 0.25) is 11.8 Å². The Bertz CT molecular complexity index is 359. The number of nitrogens with zero attached hydrogens (tertiary/aromatic N) is 1. The van der Waals surface area contributed by atoms with Crippen molar-refractivity contribution < 1.29 is 14.7 Å². The standard InChI is InChI=1S/C12H20N2O3S/c1-3-8(6-15)13-11(17)9-7-18-12(2)5-4-10(16)14(9)12/h8-9,15H,3-7H2,1-2H3,(H,13,17). The van der Waals surface area contributed by atoms with Gasteiger partial charge in [0, 0.05) is 12.2 Å². The molecular weight excluding hydrogens is 252 g/mol. The van der Waals surface area contributed by atoms with Gasteiger partial charge in [-0.1, -0.05) is 6.92 Å². The van der Waals surface area contributed by atoms with Crippen molar-refractivity contribution in [2.75, 3.05) is 12.4 Å². The van der Waals surface area contributed by atoms with Crippen molar-refractivity contribution in [1.82, 2.24) is 10.2 Å². The molecule has 2 N–H and O–H groups in total. The normalized spacial score (nSPS) is 32.5. The molecule has 0 bridgehead atoms. The molecule has 2 amide bonds. The van der Waals surface area contributed by atoms with Gasteiger partial charge >= 0.3 is 0 Å². The van der Waals surface area contributed by atoms with Crippen molar-refractivity contribution in [2.24, 2.45) is 0 Å². The van der Waals surface area contributed by atoms with Crippen LogP contribution in [0.5, 0.6) is 0 Å². The van der Waals surface area contributed by atoms with E-state index in [1.54, 1.807) is 16.7 Å². The highest BCUT2D eigenvalue weighted by Gasteiger charge is 2.52. The maximum atomic E-state index is 12.2. The predicted octanol–water partition coefficient (Wildman–Crippen LogP) is 0.327.